The summed E-state index contributed by atoms with van der Waals surface area (Å²) in [7, 11) is -3.63. The van der Waals surface area contributed by atoms with Crippen LogP contribution in [-0.2, 0) is 22.3 Å². The zero-order valence-corrected chi connectivity index (χ0v) is 17.9. The Hall–Kier alpha value is -2.50. The van der Waals surface area contributed by atoms with Crippen molar-refractivity contribution >= 4 is 21.4 Å². The number of nitrogens with one attached hydrogen (secondary N) is 1. The highest BCUT2D eigenvalue weighted by Crippen LogP contribution is 2.34. The van der Waals surface area contributed by atoms with E-state index < -0.39 is 45.6 Å². The molecular weight excluding hydrogens is 440 g/mol. The third-order valence-electron chi connectivity index (χ3n) is 5.13. The lowest BCUT2D eigenvalue weighted by Gasteiger charge is -2.13. The van der Waals surface area contributed by atoms with Gasteiger partial charge in [-0.05, 0) is 37.8 Å². The molecule has 0 bridgehead atoms. The van der Waals surface area contributed by atoms with Crippen molar-refractivity contribution in [3.8, 4) is 0 Å². The number of hydrogen-bond acceptors (Lipinski definition) is 5. The molecular formula is C19H22F4N4O3S. The van der Waals surface area contributed by atoms with Gasteiger partial charge in [-0.25, -0.2) is 22.2 Å². The molecule has 0 aliphatic heterocycles. The molecule has 1 aliphatic rings. The predicted molar refractivity (Wildman–Crippen MR) is 104 cm³/mol. The number of alkyl halides is 4. The highest BCUT2D eigenvalue weighted by Gasteiger charge is 2.38. The standard InChI is InChI=1S/C19H22F4N4O3S/c1-10-16(18(28)25-12-4-5-24-15(8-12)31(3,29)30)27(26-17(10)19(2,22)23)9-11-6-13(20)14(21)7-11/h4-5,8,11,13-14H,6-7,9H2,1-3H3,(H,24,25,28). The second-order valence-corrected chi connectivity index (χ2v) is 9.83. The molecule has 2 aromatic heterocycles. The molecule has 7 nitrogen and oxygen atoms in total. The van der Waals surface area contributed by atoms with Crippen molar-refractivity contribution in [2.24, 2.45) is 5.92 Å². The number of anilines is 1. The Labute approximate surface area is 176 Å². The Bertz CT molecular complexity index is 1090. The summed E-state index contributed by atoms with van der Waals surface area (Å²) >= 11 is 0. The van der Waals surface area contributed by atoms with Crippen LogP contribution in [-0.4, -0.2) is 47.7 Å². The van der Waals surface area contributed by atoms with E-state index in [0.29, 0.717) is 6.92 Å². The number of hydrogen-bond donors (Lipinski definition) is 1. The maximum Gasteiger partial charge on any atom is 0.289 e. The molecule has 1 fully saturated rings. The van der Waals surface area contributed by atoms with Crippen LogP contribution in [0.4, 0.5) is 23.2 Å². The van der Waals surface area contributed by atoms with Gasteiger partial charge in [-0.15, -0.1) is 0 Å². The van der Waals surface area contributed by atoms with Gasteiger partial charge in [-0.2, -0.15) is 13.9 Å². The summed E-state index contributed by atoms with van der Waals surface area (Å²) in [6.07, 6.45) is -1.34. The molecule has 170 valence electrons. The molecule has 31 heavy (non-hydrogen) atoms. The number of pyridine rings is 1. The summed E-state index contributed by atoms with van der Waals surface area (Å²) in [4.78, 5) is 16.6. The number of halogens is 4. The minimum Gasteiger partial charge on any atom is -0.321 e. The molecule has 12 heteroatoms. The topological polar surface area (TPSA) is 93.9 Å². The van der Waals surface area contributed by atoms with Crippen molar-refractivity contribution < 1.29 is 30.8 Å². The second-order valence-electron chi connectivity index (χ2n) is 7.87. The molecule has 3 rings (SSSR count). The minimum absolute atomic E-state index is 0.0750. The first-order chi connectivity index (χ1) is 14.3. The molecule has 0 aromatic carbocycles. The lowest BCUT2D eigenvalue weighted by atomic mass is 10.1. The Morgan fingerprint density at radius 3 is 2.45 bits per heavy atom. The number of carbonyl (C=O) groups excluding carboxylic acids is 1. The molecule has 1 amide bonds. The summed E-state index contributed by atoms with van der Waals surface area (Å²) in [6.45, 7) is 1.84. The molecule has 1 saturated carbocycles. The molecule has 0 radical (unpaired) electrons. The van der Waals surface area contributed by atoms with Crippen molar-refractivity contribution in [2.45, 2.75) is 56.5 Å². The van der Waals surface area contributed by atoms with Gasteiger partial charge in [0.1, 0.15) is 23.7 Å². The number of rotatable bonds is 6. The smallest absolute Gasteiger partial charge is 0.289 e. The monoisotopic (exact) mass is 462 g/mol. The van der Waals surface area contributed by atoms with E-state index in [9.17, 15) is 30.8 Å². The third kappa shape index (κ3) is 5.05. The van der Waals surface area contributed by atoms with Crippen LogP contribution in [0.3, 0.4) is 0 Å². The zero-order valence-electron chi connectivity index (χ0n) is 17.1. The minimum atomic E-state index is -3.63. The maximum atomic E-state index is 14.0. The van der Waals surface area contributed by atoms with Crippen molar-refractivity contribution in [1.29, 1.82) is 0 Å². The quantitative estimate of drug-likeness (QED) is 0.664. The lowest BCUT2D eigenvalue weighted by Crippen LogP contribution is -2.21. The van der Waals surface area contributed by atoms with Gasteiger partial charge in [0.05, 0.1) is 0 Å². The van der Waals surface area contributed by atoms with Gasteiger partial charge in [-0.3, -0.25) is 9.48 Å². The van der Waals surface area contributed by atoms with Crippen molar-refractivity contribution in [2.75, 3.05) is 11.6 Å². The van der Waals surface area contributed by atoms with Crippen LogP contribution in [0.25, 0.3) is 0 Å². The van der Waals surface area contributed by atoms with Gasteiger partial charge in [0.15, 0.2) is 14.9 Å². The van der Waals surface area contributed by atoms with E-state index in [4.69, 9.17) is 0 Å². The summed E-state index contributed by atoms with van der Waals surface area (Å²) in [5.41, 5.74) is -0.789. The van der Waals surface area contributed by atoms with Crippen molar-refractivity contribution in [1.82, 2.24) is 14.8 Å². The van der Waals surface area contributed by atoms with Gasteiger partial charge < -0.3 is 5.32 Å². The molecule has 0 saturated heterocycles. The van der Waals surface area contributed by atoms with Crippen LogP contribution in [0.2, 0.25) is 0 Å². The first kappa shape index (κ1) is 23.2. The Balaban J connectivity index is 1.95. The number of amides is 1. The number of sulfone groups is 1. The number of aromatic nitrogens is 3. The van der Waals surface area contributed by atoms with Gasteiger partial charge in [0, 0.05) is 37.2 Å². The van der Waals surface area contributed by atoms with Gasteiger partial charge in [0.2, 0.25) is 0 Å². The lowest BCUT2D eigenvalue weighted by molar-refractivity contribution is 0.0113. The summed E-state index contributed by atoms with van der Waals surface area (Å²) in [6, 6.07) is 2.48. The molecule has 0 spiro atoms. The molecule has 2 atom stereocenters. The summed E-state index contributed by atoms with van der Waals surface area (Å²) in [5, 5.41) is 6.06. The highest BCUT2D eigenvalue weighted by atomic mass is 32.2. The van der Waals surface area contributed by atoms with Crippen molar-refractivity contribution in [3.63, 3.8) is 0 Å². The first-order valence-corrected chi connectivity index (χ1v) is 11.4. The van der Waals surface area contributed by atoms with Crippen LogP contribution in [0.15, 0.2) is 23.4 Å². The predicted octanol–water partition coefficient (Wildman–Crippen LogP) is 3.44. The van der Waals surface area contributed by atoms with E-state index in [0.717, 1.165) is 17.0 Å². The maximum absolute atomic E-state index is 14.0. The Morgan fingerprint density at radius 2 is 1.90 bits per heavy atom. The molecule has 1 aliphatic carbocycles. The first-order valence-electron chi connectivity index (χ1n) is 9.48. The third-order valence-corrected chi connectivity index (χ3v) is 6.12. The van der Waals surface area contributed by atoms with E-state index in [1.807, 2.05) is 0 Å². The van der Waals surface area contributed by atoms with Crippen LogP contribution in [0, 0.1) is 12.8 Å². The Morgan fingerprint density at radius 1 is 1.29 bits per heavy atom. The van der Waals surface area contributed by atoms with E-state index in [2.05, 4.69) is 15.4 Å². The molecule has 2 aromatic rings. The number of nitrogens with zero attached hydrogens (tertiary/aromatic N) is 3. The molecule has 2 heterocycles. The fraction of sp³-hybridized carbons (Fsp3) is 0.526. The average molecular weight is 462 g/mol. The number of carbonyl (C=O) groups is 1. The van der Waals surface area contributed by atoms with Crippen molar-refractivity contribution in [3.05, 3.63) is 35.3 Å². The SMILES string of the molecule is Cc1c(C(C)(F)F)nn(CC2CC(F)C(F)C2)c1C(=O)Nc1ccnc(S(C)(=O)=O)c1. The fourth-order valence-corrected chi connectivity index (χ4v) is 4.28. The Kier molecular flexibility index (Phi) is 6.14. The van der Waals surface area contributed by atoms with Crippen LogP contribution >= 0.6 is 0 Å². The van der Waals surface area contributed by atoms with E-state index in [1.54, 1.807) is 0 Å². The highest BCUT2D eigenvalue weighted by molar-refractivity contribution is 7.90. The molecule has 2 unspecified atom stereocenters. The van der Waals surface area contributed by atoms with Gasteiger partial charge >= 0.3 is 0 Å². The van der Waals surface area contributed by atoms with Crippen LogP contribution < -0.4 is 5.32 Å². The van der Waals surface area contributed by atoms with E-state index in [-0.39, 0.29) is 41.4 Å². The zero-order chi connectivity index (χ0) is 23.1. The van der Waals surface area contributed by atoms with Crippen LogP contribution in [0.1, 0.15) is 41.5 Å². The largest absolute Gasteiger partial charge is 0.321 e. The second kappa shape index (κ2) is 8.21. The normalized spacial score (nSPS) is 22.0. The van der Waals surface area contributed by atoms with E-state index in [1.165, 1.54) is 19.2 Å². The van der Waals surface area contributed by atoms with Gasteiger partial charge in [-0.1, -0.05) is 0 Å². The molecule has 1 N–H and O–H groups in total. The average Bonchev–Trinajstić information content (AvgIpc) is 3.13. The fourth-order valence-electron chi connectivity index (χ4n) is 3.69. The summed E-state index contributed by atoms with van der Waals surface area (Å²) in [5.74, 6) is -4.66. The van der Waals surface area contributed by atoms with Gasteiger partial charge in [0.25, 0.3) is 11.8 Å². The van der Waals surface area contributed by atoms with E-state index >= 15 is 0 Å². The summed E-state index contributed by atoms with van der Waals surface area (Å²) < 4.78 is 79.6. The van der Waals surface area contributed by atoms with Crippen LogP contribution in [0.5, 0.6) is 0 Å².